The molecular formula is C23H25BrN2O2. The fourth-order valence-corrected chi connectivity index (χ4v) is 5.91. The lowest BCUT2D eigenvalue weighted by Crippen LogP contribution is -2.65. The van der Waals surface area contributed by atoms with E-state index in [4.69, 9.17) is 4.74 Å². The Bertz CT molecular complexity index is 1060. The van der Waals surface area contributed by atoms with E-state index in [2.05, 4.69) is 63.2 Å². The molecule has 4 nitrogen and oxygen atoms in total. The standard InChI is InChI=1S/C23H25BrN2O2/c1-26-10-9-22(15-5-3-6-16(11-15)28-2)13-20-18(12-23(22,27)14-26)17-7-4-8-19(24)21(17)25-20/h3-8,11,25,27H,9-10,12-14H2,1-2H3/t22-,23-/m0/s1. The number of aliphatic hydroxyl groups is 1. The Hall–Kier alpha value is -1.82. The molecule has 2 atom stereocenters. The highest BCUT2D eigenvalue weighted by atomic mass is 79.9. The van der Waals surface area contributed by atoms with Crippen molar-refractivity contribution in [2.75, 3.05) is 27.2 Å². The van der Waals surface area contributed by atoms with Gasteiger partial charge in [-0.05, 0) is 65.3 Å². The van der Waals surface area contributed by atoms with Gasteiger partial charge in [0, 0.05) is 40.4 Å². The normalized spacial score (nSPS) is 27.4. The smallest absolute Gasteiger partial charge is 0.119 e. The van der Waals surface area contributed by atoms with Gasteiger partial charge in [-0.2, -0.15) is 0 Å². The maximum Gasteiger partial charge on any atom is 0.119 e. The number of halogens is 1. The van der Waals surface area contributed by atoms with E-state index in [1.807, 2.05) is 12.1 Å². The fraction of sp³-hybridized carbons (Fsp3) is 0.391. The third-order valence-electron chi connectivity index (χ3n) is 6.89. The number of aromatic nitrogens is 1. The Kier molecular flexibility index (Phi) is 4.13. The van der Waals surface area contributed by atoms with Gasteiger partial charge in [0.25, 0.3) is 0 Å². The summed E-state index contributed by atoms with van der Waals surface area (Å²) < 4.78 is 6.57. The van der Waals surface area contributed by atoms with Crippen LogP contribution < -0.4 is 4.74 Å². The van der Waals surface area contributed by atoms with Crippen molar-refractivity contribution in [2.45, 2.75) is 30.3 Å². The number of likely N-dealkylation sites (tertiary alicyclic amines) is 1. The number of piperidine rings is 1. The zero-order chi connectivity index (χ0) is 19.5. The predicted molar refractivity (Wildman–Crippen MR) is 115 cm³/mol. The fourth-order valence-electron chi connectivity index (χ4n) is 5.44. The predicted octanol–water partition coefficient (Wildman–Crippen LogP) is 4.04. The minimum Gasteiger partial charge on any atom is -0.497 e. The molecule has 0 unspecified atom stereocenters. The molecule has 5 heteroatoms. The molecule has 1 aliphatic carbocycles. The molecule has 0 amide bonds. The lowest BCUT2D eigenvalue weighted by molar-refractivity contribution is -0.0972. The second-order valence-corrected chi connectivity index (χ2v) is 9.29. The molecule has 2 aliphatic rings. The molecule has 1 saturated heterocycles. The first-order valence-corrected chi connectivity index (χ1v) is 10.6. The van der Waals surface area contributed by atoms with E-state index in [1.54, 1.807) is 7.11 Å². The van der Waals surface area contributed by atoms with Crippen molar-refractivity contribution in [1.29, 1.82) is 0 Å². The first-order valence-electron chi connectivity index (χ1n) is 9.79. The van der Waals surface area contributed by atoms with Gasteiger partial charge in [-0.3, -0.25) is 0 Å². The van der Waals surface area contributed by atoms with Crippen LogP contribution in [0.5, 0.6) is 5.75 Å². The van der Waals surface area contributed by atoms with E-state index in [0.29, 0.717) is 13.0 Å². The van der Waals surface area contributed by atoms with E-state index in [-0.39, 0.29) is 5.41 Å². The third-order valence-corrected chi connectivity index (χ3v) is 7.55. The van der Waals surface area contributed by atoms with Gasteiger partial charge in [0.1, 0.15) is 5.75 Å². The van der Waals surface area contributed by atoms with Crippen molar-refractivity contribution in [1.82, 2.24) is 9.88 Å². The average Bonchev–Trinajstić information content (AvgIpc) is 3.04. The van der Waals surface area contributed by atoms with Crippen LogP contribution in [0, 0.1) is 0 Å². The van der Waals surface area contributed by atoms with Crippen LogP contribution in [0.2, 0.25) is 0 Å². The van der Waals surface area contributed by atoms with E-state index < -0.39 is 5.60 Å². The van der Waals surface area contributed by atoms with Gasteiger partial charge in [0.15, 0.2) is 0 Å². The third kappa shape index (κ3) is 2.49. The number of fused-ring (bicyclic) bond motifs is 4. The average molecular weight is 441 g/mol. The van der Waals surface area contributed by atoms with Gasteiger partial charge in [-0.25, -0.2) is 0 Å². The number of β-amino-alcohol motifs (C(OH)–C–C–N with tert-alkyl or cyclic N) is 1. The van der Waals surface area contributed by atoms with Crippen LogP contribution in [0.3, 0.4) is 0 Å². The number of aromatic amines is 1. The van der Waals surface area contributed by atoms with Crippen molar-refractivity contribution in [2.24, 2.45) is 0 Å². The second-order valence-electron chi connectivity index (χ2n) is 8.43. The molecule has 2 heterocycles. The number of nitrogens with one attached hydrogen (secondary N) is 1. The van der Waals surface area contributed by atoms with E-state index in [9.17, 15) is 5.11 Å². The van der Waals surface area contributed by atoms with Gasteiger partial charge in [-0.15, -0.1) is 0 Å². The molecule has 0 bridgehead atoms. The molecule has 0 saturated carbocycles. The van der Waals surface area contributed by atoms with Crippen molar-refractivity contribution < 1.29 is 9.84 Å². The minimum absolute atomic E-state index is 0.325. The van der Waals surface area contributed by atoms with Crippen molar-refractivity contribution in [3.05, 3.63) is 63.8 Å². The van der Waals surface area contributed by atoms with Crippen LogP contribution in [-0.4, -0.2) is 47.8 Å². The van der Waals surface area contributed by atoms with Gasteiger partial charge < -0.3 is 19.7 Å². The number of H-pyrrole nitrogens is 1. The number of hydrogen-bond donors (Lipinski definition) is 2. The number of ether oxygens (including phenoxy) is 1. The summed E-state index contributed by atoms with van der Waals surface area (Å²) in [5, 5.41) is 13.3. The first-order chi connectivity index (χ1) is 13.5. The molecule has 3 aromatic rings. The highest BCUT2D eigenvalue weighted by molar-refractivity contribution is 9.10. The molecule has 1 aliphatic heterocycles. The lowest BCUT2D eigenvalue weighted by Gasteiger charge is -2.56. The SMILES string of the molecule is COc1cccc([C@@]23CCN(C)C[C@@]2(O)Cc2c([nH]c4c(Br)cccc24)C3)c1. The van der Waals surface area contributed by atoms with Crippen molar-refractivity contribution >= 4 is 26.8 Å². The molecule has 1 aromatic heterocycles. The lowest BCUT2D eigenvalue weighted by atomic mass is 9.56. The second kappa shape index (κ2) is 6.34. The summed E-state index contributed by atoms with van der Waals surface area (Å²) in [6, 6.07) is 14.6. The Morgan fingerprint density at radius 2 is 2.00 bits per heavy atom. The summed E-state index contributed by atoms with van der Waals surface area (Å²) in [5.74, 6) is 0.846. The number of likely N-dealkylation sites (N-methyl/N-ethyl adjacent to an activating group) is 1. The molecule has 28 heavy (non-hydrogen) atoms. The molecule has 5 rings (SSSR count). The zero-order valence-electron chi connectivity index (χ0n) is 16.3. The Labute approximate surface area is 173 Å². The summed E-state index contributed by atoms with van der Waals surface area (Å²) in [6.45, 7) is 1.64. The minimum atomic E-state index is -0.823. The number of hydrogen-bond acceptors (Lipinski definition) is 3. The number of methoxy groups -OCH3 is 1. The number of nitrogens with zero attached hydrogens (tertiary/aromatic N) is 1. The monoisotopic (exact) mass is 440 g/mol. The van der Waals surface area contributed by atoms with E-state index >= 15 is 0 Å². The first kappa shape index (κ1) is 18.2. The molecular weight excluding hydrogens is 416 g/mol. The number of para-hydroxylation sites is 1. The molecule has 0 radical (unpaired) electrons. The maximum absolute atomic E-state index is 12.1. The molecule has 2 N–H and O–H groups in total. The van der Waals surface area contributed by atoms with Gasteiger partial charge >= 0.3 is 0 Å². The van der Waals surface area contributed by atoms with Gasteiger partial charge in [0.2, 0.25) is 0 Å². The molecule has 146 valence electrons. The molecule has 1 fully saturated rings. The van der Waals surface area contributed by atoms with E-state index in [0.717, 1.165) is 35.1 Å². The van der Waals surface area contributed by atoms with Crippen LogP contribution >= 0.6 is 15.9 Å². The summed E-state index contributed by atoms with van der Waals surface area (Å²) in [6.07, 6.45) is 2.38. The summed E-state index contributed by atoms with van der Waals surface area (Å²) >= 11 is 3.68. The number of benzene rings is 2. The van der Waals surface area contributed by atoms with Gasteiger partial charge in [0.05, 0.1) is 18.2 Å². The summed E-state index contributed by atoms with van der Waals surface area (Å²) in [7, 11) is 3.81. The van der Waals surface area contributed by atoms with Crippen molar-refractivity contribution in [3.63, 3.8) is 0 Å². The number of rotatable bonds is 2. The van der Waals surface area contributed by atoms with Crippen LogP contribution in [0.25, 0.3) is 10.9 Å². The Balaban J connectivity index is 1.73. The topological polar surface area (TPSA) is 48.5 Å². The van der Waals surface area contributed by atoms with Crippen molar-refractivity contribution in [3.8, 4) is 5.75 Å². The largest absolute Gasteiger partial charge is 0.497 e. The Morgan fingerprint density at radius 1 is 1.18 bits per heavy atom. The zero-order valence-corrected chi connectivity index (χ0v) is 17.8. The van der Waals surface area contributed by atoms with Crippen LogP contribution in [0.1, 0.15) is 23.2 Å². The Morgan fingerprint density at radius 3 is 2.82 bits per heavy atom. The highest BCUT2D eigenvalue weighted by Crippen LogP contribution is 2.51. The quantitative estimate of drug-likeness (QED) is 0.631. The van der Waals surface area contributed by atoms with Gasteiger partial charge in [-0.1, -0.05) is 24.3 Å². The summed E-state index contributed by atoms with van der Waals surface area (Å²) in [4.78, 5) is 5.92. The highest BCUT2D eigenvalue weighted by Gasteiger charge is 2.57. The van der Waals surface area contributed by atoms with Crippen LogP contribution in [0.4, 0.5) is 0 Å². The molecule has 2 aromatic carbocycles. The van der Waals surface area contributed by atoms with E-state index in [1.165, 1.54) is 22.2 Å². The summed E-state index contributed by atoms with van der Waals surface area (Å²) in [5.41, 5.74) is 3.66. The maximum atomic E-state index is 12.1. The molecule has 0 spiro atoms. The van der Waals surface area contributed by atoms with Crippen LogP contribution in [-0.2, 0) is 18.3 Å². The van der Waals surface area contributed by atoms with Crippen LogP contribution in [0.15, 0.2) is 46.9 Å².